The van der Waals surface area contributed by atoms with Crippen molar-refractivity contribution in [3.63, 3.8) is 0 Å². The Morgan fingerprint density at radius 2 is 1.66 bits per heavy atom. The summed E-state index contributed by atoms with van der Waals surface area (Å²) < 4.78 is 18.6. The van der Waals surface area contributed by atoms with Gasteiger partial charge in [0, 0.05) is 11.4 Å². The molecular formula is C21H23FN2O4S. The Kier molecular flexibility index (Phi) is 8.21. The number of rotatable bonds is 8. The van der Waals surface area contributed by atoms with E-state index in [-0.39, 0.29) is 23.1 Å². The Labute approximate surface area is 173 Å². The van der Waals surface area contributed by atoms with Crippen LogP contribution in [0.15, 0.2) is 42.5 Å². The van der Waals surface area contributed by atoms with Crippen molar-refractivity contribution in [1.82, 2.24) is 0 Å². The number of thioether (sulfide) groups is 1. The van der Waals surface area contributed by atoms with Crippen molar-refractivity contribution >= 4 is 40.9 Å². The number of aryl methyl sites for hydroxylation is 2. The van der Waals surface area contributed by atoms with E-state index >= 15 is 0 Å². The fourth-order valence-electron chi connectivity index (χ4n) is 2.26. The molecule has 2 aromatic rings. The molecule has 0 saturated heterocycles. The van der Waals surface area contributed by atoms with Gasteiger partial charge in [0.15, 0.2) is 6.10 Å². The van der Waals surface area contributed by atoms with Gasteiger partial charge in [0.25, 0.3) is 5.91 Å². The lowest BCUT2D eigenvalue weighted by Crippen LogP contribution is -2.30. The van der Waals surface area contributed by atoms with Gasteiger partial charge in [-0.2, -0.15) is 0 Å². The maximum absolute atomic E-state index is 13.5. The van der Waals surface area contributed by atoms with Crippen molar-refractivity contribution in [2.75, 3.05) is 22.1 Å². The second kappa shape index (κ2) is 10.6. The summed E-state index contributed by atoms with van der Waals surface area (Å²) in [6.45, 7) is 4.99. The molecule has 0 radical (unpaired) electrons. The molecule has 8 heteroatoms. The summed E-state index contributed by atoms with van der Waals surface area (Å²) in [6.07, 6.45) is -1.05. The minimum atomic E-state index is -1.05. The molecule has 2 N–H and O–H groups in total. The fourth-order valence-corrected chi connectivity index (χ4v) is 2.85. The van der Waals surface area contributed by atoms with Crippen LogP contribution in [0.25, 0.3) is 0 Å². The summed E-state index contributed by atoms with van der Waals surface area (Å²) in [4.78, 5) is 35.8. The SMILES string of the molecule is Cc1ccc(NC(=O)CSCC(=O)O[C@H](C)C(=O)Nc2ccc(C)c(F)c2)cc1. The van der Waals surface area contributed by atoms with Crippen LogP contribution in [0.4, 0.5) is 15.8 Å². The number of hydrogen-bond donors (Lipinski definition) is 2. The van der Waals surface area contributed by atoms with Crippen molar-refractivity contribution in [3.8, 4) is 0 Å². The molecule has 0 aromatic heterocycles. The third kappa shape index (κ3) is 7.57. The first-order valence-electron chi connectivity index (χ1n) is 8.95. The van der Waals surface area contributed by atoms with E-state index in [2.05, 4.69) is 10.6 Å². The Morgan fingerprint density at radius 1 is 1.00 bits per heavy atom. The summed E-state index contributed by atoms with van der Waals surface area (Å²) >= 11 is 1.09. The van der Waals surface area contributed by atoms with E-state index in [0.29, 0.717) is 11.3 Å². The Morgan fingerprint density at radius 3 is 2.31 bits per heavy atom. The molecule has 154 valence electrons. The number of esters is 1. The van der Waals surface area contributed by atoms with E-state index in [1.165, 1.54) is 13.0 Å². The van der Waals surface area contributed by atoms with Gasteiger partial charge in [0.1, 0.15) is 5.82 Å². The van der Waals surface area contributed by atoms with Crippen LogP contribution in [-0.2, 0) is 19.1 Å². The van der Waals surface area contributed by atoms with E-state index in [9.17, 15) is 18.8 Å². The molecule has 0 heterocycles. The topological polar surface area (TPSA) is 84.5 Å². The van der Waals surface area contributed by atoms with Gasteiger partial charge in [-0.25, -0.2) is 4.39 Å². The highest BCUT2D eigenvalue weighted by Gasteiger charge is 2.18. The summed E-state index contributed by atoms with van der Waals surface area (Å²) in [5, 5.41) is 5.22. The van der Waals surface area contributed by atoms with Gasteiger partial charge in [-0.1, -0.05) is 23.8 Å². The predicted octanol–water partition coefficient (Wildman–Crippen LogP) is 3.68. The molecule has 0 bridgehead atoms. The maximum Gasteiger partial charge on any atom is 0.316 e. The second-order valence-electron chi connectivity index (χ2n) is 6.49. The maximum atomic E-state index is 13.5. The normalized spacial score (nSPS) is 11.4. The number of anilines is 2. The third-order valence-electron chi connectivity index (χ3n) is 3.91. The zero-order chi connectivity index (χ0) is 21.4. The van der Waals surface area contributed by atoms with E-state index < -0.39 is 23.8 Å². The van der Waals surface area contributed by atoms with E-state index in [0.717, 1.165) is 17.3 Å². The van der Waals surface area contributed by atoms with Gasteiger partial charge in [0.2, 0.25) is 5.91 Å². The molecule has 2 amide bonds. The average Bonchev–Trinajstić information content (AvgIpc) is 2.66. The van der Waals surface area contributed by atoms with Crippen LogP contribution in [-0.4, -0.2) is 35.4 Å². The van der Waals surface area contributed by atoms with Gasteiger partial charge < -0.3 is 15.4 Å². The lowest BCUT2D eigenvalue weighted by molar-refractivity contribution is -0.150. The highest BCUT2D eigenvalue weighted by atomic mass is 32.2. The van der Waals surface area contributed by atoms with Crippen LogP contribution in [0.2, 0.25) is 0 Å². The van der Waals surface area contributed by atoms with E-state index in [4.69, 9.17) is 4.74 Å². The molecule has 2 rings (SSSR count). The van der Waals surface area contributed by atoms with Crippen molar-refractivity contribution in [3.05, 3.63) is 59.4 Å². The predicted molar refractivity (Wildman–Crippen MR) is 112 cm³/mol. The van der Waals surface area contributed by atoms with Gasteiger partial charge in [-0.15, -0.1) is 11.8 Å². The number of carbonyl (C=O) groups is 3. The lowest BCUT2D eigenvalue weighted by Gasteiger charge is -2.14. The highest BCUT2D eigenvalue weighted by Crippen LogP contribution is 2.14. The zero-order valence-electron chi connectivity index (χ0n) is 16.5. The Hall–Kier alpha value is -2.87. The molecule has 0 unspecified atom stereocenters. The average molecular weight is 418 g/mol. The van der Waals surface area contributed by atoms with Gasteiger partial charge >= 0.3 is 5.97 Å². The lowest BCUT2D eigenvalue weighted by atomic mass is 10.2. The molecule has 0 spiro atoms. The molecule has 1 atom stereocenters. The number of nitrogens with one attached hydrogen (secondary N) is 2. The van der Waals surface area contributed by atoms with Gasteiger partial charge in [0.05, 0.1) is 11.5 Å². The number of amides is 2. The number of halogens is 1. The third-order valence-corrected chi connectivity index (χ3v) is 4.81. The van der Waals surface area contributed by atoms with Crippen molar-refractivity contribution in [2.45, 2.75) is 26.9 Å². The summed E-state index contributed by atoms with van der Waals surface area (Å²) in [5.74, 6) is -1.85. The first-order chi connectivity index (χ1) is 13.7. The van der Waals surface area contributed by atoms with Crippen molar-refractivity contribution < 1.29 is 23.5 Å². The standard InChI is InChI=1S/C21H23FN2O4S/c1-13-4-7-16(8-5-13)23-19(25)11-29-12-20(26)28-15(3)21(27)24-17-9-6-14(2)18(22)10-17/h4-10,15H,11-12H2,1-3H3,(H,23,25)(H,24,27)/t15-/m1/s1. The first-order valence-corrected chi connectivity index (χ1v) is 10.1. The Balaban J connectivity index is 1.70. The second-order valence-corrected chi connectivity index (χ2v) is 7.48. The minimum Gasteiger partial charge on any atom is -0.452 e. The summed E-state index contributed by atoms with van der Waals surface area (Å²) in [6, 6.07) is 11.7. The summed E-state index contributed by atoms with van der Waals surface area (Å²) in [5.41, 5.74) is 2.52. The zero-order valence-corrected chi connectivity index (χ0v) is 17.3. The molecule has 0 aliphatic carbocycles. The fraction of sp³-hybridized carbons (Fsp3) is 0.286. The van der Waals surface area contributed by atoms with Crippen LogP contribution in [0.1, 0.15) is 18.1 Å². The molecule has 0 saturated carbocycles. The van der Waals surface area contributed by atoms with Crippen LogP contribution < -0.4 is 10.6 Å². The molecule has 0 fully saturated rings. The monoisotopic (exact) mass is 418 g/mol. The van der Waals surface area contributed by atoms with Crippen LogP contribution in [0, 0.1) is 19.7 Å². The number of ether oxygens (including phenoxy) is 1. The van der Waals surface area contributed by atoms with Crippen molar-refractivity contribution in [2.24, 2.45) is 0 Å². The van der Waals surface area contributed by atoms with Crippen molar-refractivity contribution in [1.29, 1.82) is 0 Å². The van der Waals surface area contributed by atoms with Gasteiger partial charge in [-0.3, -0.25) is 14.4 Å². The molecule has 2 aromatic carbocycles. The highest BCUT2D eigenvalue weighted by molar-refractivity contribution is 8.00. The molecular weight excluding hydrogens is 395 g/mol. The Bertz CT molecular complexity index is 887. The van der Waals surface area contributed by atoms with E-state index in [1.54, 1.807) is 31.2 Å². The molecule has 6 nitrogen and oxygen atoms in total. The quantitative estimate of drug-likeness (QED) is 0.639. The first kappa shape index (κ1) is 22.4. The largest absolute Gasteiger partial charge is 0.452 e. The smallest absolute Gasteiger partial charge is 0.316 e. The molecule has 0 aliphatic rings. The van der Waals surface area contributed by atoms with Crippen LogP contribution >= 0.6 is 11.8 Å². The number of carbonyl (C=O) groups excluding carboxylic acids is 3. The minimum absolute atomic E-state index is 0.0713. The number of benzene rings is 2. The summed E-state index contributed by atoms with van der Waals surface area (Å²) in [7, 11) is 0. The van der Waals surface area contributed by atoms with Crippen LogP contribution in [0.3, 0.4) is 0 Å². The molecule has 0 aliphatic heterocycles. The van der Waals surface area contributed by atoms with Gasteiger partial charge in [-0.05, 0) is 50.6 Å². The number of hydrogen-bond acceptors (Lipinski definition) is 5. The van der Waals surface area contributed by atoms with Crippen LogP contribution in [0.5, 0.6) is 0 Å². The molecule has 29 heavy (non-hydrogen) atoms. The van der Waals surface area contributed by atoms with E-state index in [1.807, 2.05) is 19.1 Å².